The molecule has 9 heteroatoms. The Hall–Kier alpha value is -2.49. The van der Waals surface area contributed by atoms with Crippen LogP contribution < -0.4 is 5.56 Å². The quantitative estimate of drug-likeness (QED) is 0.319. The number of rotatable bonds is 11. The molecule has 0 amide bonds. The molecular weight excluding hydrogens is 462 g/mol. The largest absolute Gasteiger partial charge is 0.467 e. The minimum absolute atomic E-state index is 0.167. The van der Waals surface area contributed by atoms with E-state index < -0.39 is 6.10 Å². The Morgan fingerprint density at radius 1 is 1.30 bits per heavy atom. The van der Waals surface area contributed by atoms with Crippen molar-refractivity contribution in [3.8, 4) is 11.1 Å². The Balaban J connectivity index is 1.44. The zero-order chi connectivity index (χ0) is 23.2. The summed E-state index contributed by atoms with van der Waals surface area (Å²) in [6, 6.07) is 11.0. The van der Waals surface area contributed by atoms with Crippen LogP contribution in [0.25, 0.3) is 21.3 Å². The Labute approximate surface area is 200 Å². The van der Waals surface area contributed by atoms with E-state index in [1.54, 1.807) is 12.3 Å². The maximum Gasteiger partial charge on any atom is 0.260 e. The minimum atomic E-state index is -0.666. The van der Waals surface area contributed by atoms with E-state index in [1.165, 1.54) is 11.3 Å². The number of hydrogen-bond donors (Lipinski definition) is 2. The summed E-state index contributed by atoms with van der Waals surface area (Å²) >= 11 is 7.44. The number of aliphatic hydroxyl groups is 1. The monoisotopic (exact) mass is 487 g/mol. The first kappa shape index (κ1) is 23.7. The molecule has 4 aromatic rings. The van der Waals surface area contributed by atoms with E-state index >= 15 is 0 Å². The highest BCUT2D eigenvalue weighted by Gasteiger charge is 2.17. The number of halogens is 1. The van der Waals surface area contributed by atoms with Gasteiger partial charge in [-0.1, -0.05) is 30.7 Å². The predicted molar refractivity (Wildman–Crippen MR) is 131 cm³/mol. The molecule has 7 nitrogen and oxygen atoms in total. The van der Waals surface area contributed by atoms with Crippen molar-refractivity contribution in [1.29, 1.82) is 0 Å². The van der Waals surface area contributed by atoms with E-state index in [0.29, 0.717) is 40.8 Å². The van der Waals surface area contributed by atoms with Crippen molar-refractivity contribution in [2.45, 2.75) is 32.6 Å². The molecule has 1 unspecified atom stereocenters. The van der Waals surface area contributed by atoms with Gasteiger partial charge in [-0.3, -0.25) is 9.69 Å². The first-order chi connectivity index (χ1) is 16.0. The van der Waals surface area contributed by atoms with Crippen molar-refractivity contribution in [2.24, 2.45) is 0 Å². The predicted octanol–water partition coefficient (Wildman–Crippen LogP) is 4.69. The van der Waals surface area contributed by atoms with Gasteiger partial charge in [0.25, 0.3) is 5.56 Å². The number of nitrogens with one attached hydrogen (secondary N) is 1. The molecule has 2 N–H and O–H groups in total. The lowest BCUT2D eigenvalue weighted by molar-refractivity contribution is 0.00353. The fourth-order valence-electron chi connectivity index (χ4n) is 3.71. The van der Waals surface area contributed by atoms with Crippen LogP contribution in [-0.2, 0) is 17.9 Å². The van der Waals surface area contributed by atoms with Gasteiger partial charge in [0.05, 0.1) is 30.9 Å². The zero-order valence-corrected chi connectivity index (χ0v) is 19.9. The summed E-state index contributed by atoms with van der Waals surface area (Å²) in [6.45, 7) is 4.19. The van der Waals surface area contributed by atoms with Gasteiger partial charge < -0.3 is 19.2 Å². The second kappa shape index (κ2) is 11.1. The van der Waals surface area contributed by atoms with E-state index in [1.807, 2.05) is 35.7 Å². The van der Waals surface area contributed by atoms with Gasteiger partial charge in [0.2, 0.25) is 0 Å². The third-order valence-electron chi connectivity index (χ3n) is 5.17. The number of nitrogens with zero attached hydrogens (tertiary/aromatic N) is 2. The van der Waals surface area contributed by atoms with Gasteiger partial charge in [-0.15, -0.1) is 11.3 Å². The van der Waals surface area contributed by atoms with Crippen LogP contribution in [-0.4, -0.2) is 45.8 Å². The second-order valence-corrected chi connectivity index (χ2v) is 9.13. The molecule has 0 fully saturated rings. The lowest BCUT2D eigenvalue weighted by atomic mass is 10.1. The lowest BCUT2D eigenvalue weighted by Gasteiger charge is -2.24. The Bertz CT molecular complexity index is 1220. The van der Waals surface area contributed by atoms with Crippen LogP contribution in [0.1, 0.15) is 24.9 Å². The van der Waals surface area contributed by atoms with Crippen molar-refractivity contribution in [1.82, 2.24) is 14.9 Å². The summed E-state index contributed by atoms with van der Waals surface area (Å²) in [4.78, 5) is 23.3. The van der Waals surface area contributed by atoms with Crippen LogP contribution in [0.2, 0.25) is 5.02 Å². The maximum absolute atomic E-state index is 12.9. The molecule has 1 atom stereocenters. The van der Waals surface area contributed by atoms with Gasteiger partial charge in [-0.25, -0.2) is 4.98 Å². The number of ether oxygens (including phenoxy) is 1. The van der Waals surface area contributed by atoms with Gasteiger partial charge >= 0.3 is 0 Å². The topological polar surface area (TPSA) is 91.6 Å². The van der Waals surface area contributed by atoms with Crippen molar-refractivity contribution in [3.63, 3.8) is 0 Å². The van der Waals surface area contributed by atoms with Crippen molar-refractivity contribution in [2.75, 3.05) is 19.7 Å². The van der Waals surface area contributed by atoms with Gasteiger partial charge in [-0.2, -0.15) is 0 Å². The number of hydrogen-bond acceptors (Lipinski definition) is 7. The second-order valence-electron chi connectivity index (χ2n) is 7.83. The van der Waals surface area contributed by atoms with Gasteiger partial charge in [0.1, 0.15) is 23.0 Å². The number of aromatic nitrogens is 2. The number of fused-ring (bicyclic) bond motifs is 1. The number of aromatic amines is 1. The molecule has 0 spiro atoms. The molecule has 0 aliphatic heterocycles. The lowest BCUT2D eigenvalue weighted by Crippen LogP contribution is -2.36. The van der Waals surface area contributed by atoms with Gasteiger partial charge in [0, 0.05) is 22.5 Å². The van der Waals surface area contributed by atoms with Crippen LogP contribution in [0.4, 0.5) is 0 Å². The first-order valence-corrected chi connectivity index (χ1v) is 12.1. The number of furan rings is 1. The number of benzene rings is 1. The highest BCUT2D eigenvalue weighted by atomic mass is 35.5. The minimum Gasteiger partial charge on any atom is -0.467 e. The molecule has 33 heavy (non-hydrogen) atoms. The third kappa shape index (κ3) is 6.10. The summed E-state index contributed by atoms with van der Waals surface area (Å²) in [6.07, 6.45) is 1.83. The van der Waals surface area contributed by atoms with E-state index in [0.717, 1.165) is 29.9 Å². The molecule has 0 saturated heterocycles. The number of aliphatic hydroxyl groups excluding tert-OH is 1. The molecule has 0 radical (unpaired) electrons. The molecule has 3 heterocycles. The summed E-state index contributed by atoms with van der Waals surface area (Å²) in [5.74, 6) is 1.30. The molecule has 0 aliphatic rings. The van der Waals surface area contributed by atoms with Crippen LogP contribution in [0.5, 0.6) is 0 Å². The fraction of sp³-hybridized carbons (Fsp3) is 0.333. The molecule has 174 valence electrons. The van der Waals surface area contributed by atoms with Crippen LogP contribution in [0.3, 0.4) is 0 Å². The Morgan fingerprint density at radius 2 is 2.12 bits per heavy atom. The van der Waals surface area contributed by atoms with Crippen molar-refractivity contribution < 1.29 is 14.3 Å². The van der Waals surface area contributed by atoms with Crippen LogP contribution in [0, 0.1) is 0 Å². The van der Waals surface area contributed by atoms with Gasteiger partial charge in [-0.05, 0) is 42.8 Å². The zero-order valence-electron chi connectivity index (χ0n) is 18.3. The normalized spacial score (nSPS) is 12.6. The average Bonchev–Trinajstić information content (AvgIpc) is 3.45. The molecule has 0 aliphatic carbocycles. The Kier molecular flexibility index (Phi) is 7.95. The van der Waals surface area contributed by atoms with E-state index in [4.69, 9.17) is 25.7 Å². The number of H-pyrrole nitrogens is 1. The molecule has 0 bridgehead atoms. The highest BCUT2D eigenvalue weighted by molar-refractivity contribution is 7.17. The van der Waals surface area contributed by atoms with Crippen LogP contribution in [0.15, 0.2) is 57.3 Å². The summed E-state index contributed by atoms with van der Waals surface area (Å²) in [5, 5.41) is 13.6. The summed E-state index contributed by atoms with van der Waals surface area (Å²) in [5.41, 5.74) is 1.61. The van der Waals surface area contributed by atoms with Crippen molar-refractivity contribution in [3.05, 3.63) is 75.0 Å². The number of thiophene rings is 1. The fourth-order valence-corrected chi connectivity index (χ4v) is 4.81. The highest BCUT2D eigenvalue weighted by Crippen LogP contribution is 2.31. The third-order valence-corrected chi connectivity index (χ3v) is 6.29. The van der Waals surface area contributed by atoms with E-state index in [-0.39, 0.29) is 12.2 Å². The summed E-state index contributed by atoms with van der Waals surface area (Å²) < 4.78 is 10.8. The van der Waals surface area contributed by atoms with Gasteiger partial charge in [0.15, 0.2) is 0 Å². The Morgan fingerprint density at radius 3 is 2.85 bits per heavy atom. The molecular formula is C24H26ClN3O4S. The summed E-state index contributed by atoms with van der Waals surface area (Å²) in [7, 11) is 0. The smallest absolute Gasteiger partial charge is 0.260 e. The van der Waals surface area contributed by atoms with E-state index in [9.17, 15) is 9.90 Å². The first-order valence-electron chi connectivity index (χ1n) is 10.8. The molecule has 1 aromatic carbocycles. The van der Waals surface area contributed by atoms with Crippen molar-refractivity contribution >= 4 is 33.2 Å². The average molecular weight is 488 g/mol. The standard InChI is InChI=1S/C24H26ClN3O4S/c1-2-9-28(11-18(29)13-31-14-19-4-3-10-32-19)12-21-26-23(30)22-20(15-33-24(22)27-21)16-5-7-17(25)8-6-16/h3-8,10,15,18,29H,2,9,11-14H2,1H3,(H,26,27,30). The SMILES string of the molecule is CCCN(Cc1nc2scc(-c3ccc(Cl)cc3)c2c(=O)[nH]1)CC(O)COCc1ccco1. The molecule has 4 rings (SSSR count). The maximum atomic E-state index is 12.9. The molecule has 3 aromatic heterocycles. The molecule has 0 saturated carbocycles. The van der Waals surface area contributed by atoms with E-state index in [2.05, 4.69) is 16.8 Å². The van der Waals surface area contributed by atoms with Crippen LogP contribution >= 0.6 is 22.9 Å².